The molecule has 1 aromatic heterocycles. The molecule has 1 N–H and O–H groups in total. The van der Waals surface area contributed by atoms with E-state index >= 15 is 0 Å². The summed E-state index contributed by atoms with van der Waals surface area (Å²) in [7, 11) is 1.60. The lowest BCUT2D eigenvalue weighted by Crippen LogP contribution is -2.22. The number of aromatic nitrogens is 1. The van der Waals surface area contributed by atoms with E-state index in [1.165, 1.54) is 0 Å². The van der Waals surface area contributed by atoms with E-state index in [0.717, 1.165) is 33.1 Å². The number of para-hydroxylation sites is 2. The normalized spacial score (nSPS) is 10.8. The van der Waals surface area contributed by atoms with Gasteiger partial charge in [-0.15, -0.1) is 0 Å². The minimum absolute atomic E-state index is 0.120. The van der Waals surface area contributed by atoms with Crippen LogP contribution in [0.2, 0.25) is 0 Å². The fraction of sp³-hybridized carbons (Fsp3) is 0.0909. The zero-order valence-corrected chi connectivity index (χ0v) is 14.4. The molecule has 0 unspecified atom stereocenters. The SMILES string of the molecule is COc1ccc(C(=O)NCc2cccc3cc4ccccc4nc23)cc1. The standard InChI is InChI=1S/C22H18N2O2/c1-26-19-11-9-15(10-12-19)22(25)23-14-18-7-4-6-17-13-16-5-2-3-8-20(16)24-21(17)18/h2-13H,14H2,1H3,(H,23,25). The fourth-order valence-electron chi connectivity index (χ4n) is 3.03. The highest BCUT2D eigenvalue weighted by molar-refractivity contribution is 5.96. The molecule has 0 saturated carbocycles. The van der Waals surface area contributed by atoms with Crippen molar-refractivity contribution < 1.29 is 9.53 Å². The van der Waals surface area contributed by atoms with Crippen LogP contribution in [0.5, 0.6) is 5.75 Å². The van der Waals surface area contributed by atoms with Gasteiger partial charge in [-0.25, -0.2) is 4.98 Å². The molecule has 0 fully saturated rings. The van der Waals surface area contributed by atoms with Gasteiger partial charge in [0, 0.05) is 22.9 Å². The summed E-state index contributed by atoms with van der Waals surface area (Å²) in [5, 5.41) is 5.15. The molecule has 4 heteroatoms. The molecule has 0 spiro atoms. The van der Waals surface area contributed by atoms with Gasteiger partial charge in [-0.2, -0.15) is 0 Å². The second-order valence-electron chi connectivity index (χ2n) is 6.08. The van der Waals surface area contributed by atoms with Crippen LogP contribution in [0.3, 0.4) is 0 Å². The van der Waals surface area contributed by atoms with Crippen molar-refractivity contribution >= 4 is 27.7 Å². The lowest BCUT2D eigenvalue weighted by molar-refractivity contribution is 0.0951. The zero-order chi connectivity index (χ0) is 17.9. The predicted octanol–water partition coefficient (Wildman–Crippen LogP) is 4.33. The highest BCUT2D eigenvalue weighted by Crippen LogP contribution is 2.22. The van der Waals surface area contributed by atoms with Crippen molar-refractivity contribution in [2.45, 2.75) is 6.54 Å². The Bertz CT molecular complexity index is 1090. The molecule has 0 aliphatic heterocycles. The number of nitrogens with zero attached hydrogens (tertiary/aromatic N) is 1. The molecule has 0 saturated heterocycles. The maximum Gasteiger partial charge on any atom is 0.251 e. The molecule has 1 amide bonds. The first-order valence-corrected chi connectivity index (χ1v) is 8.44. The zero-order valence-electron chi connectivity index (χ0n) is 14.4. The molecule has 3 aromatic carbocycles. The van der Waals surface area contributed by atoms with Crippen LogP contribution in [0.15, 0.2) is 72.8 Å². The van der Waals surface area contributed by atoms with Gasteiger partial charge in [-0.1, -0.05) is 36.4 Å². The first kappa shape index (κ1) is 16.1. The second-order valence-corrected chi connectivity index (χ2v) is 6.08. The summed E-state index contributed by atoms with van der Waals surface area (Å²) in [5.41, 5.74) is 3.47. The third kappa shape index (κ3) is 3.09. The molecule has 26 heavy (non-hydrogen) atoms. The third-order valence-corrected chi connectivity index (χ3v) is 4.42. The van der Waals surface area contributed by atoms with Crippen molar-refractivity contribution in [3.05, 3.63) is 83.9 Å². The monoisotopic (exact) mass is 342 g/mol. The number of rotatable bonds is 4. The molecule has 128 valence electrons. The van der Waals surface area contributed by atoms with Crippen molar-refractivity contribution in [2.24, 2.45) is 0 Å². The van der Waals surface area contributed by atoms with Gasteiger partial charge in [-0.05, 0) is 42.0 Å². The Balaban J connectivity index is 1.60. The molecular formula is C22H18N2O2. The van der Waals surface area contributed by atoms with Gasteiger partial charge < -0.3 is 10.1 Å². The number of carbonyl (C=O) groups is 1. The maximum absolute atomic E-state index is 12.4. The quantitative estimate of drug-likeness (QED) is 0.562. The number of carbonyl (C=O) groups excluding carboxylic acids is 1. The lowest BCUT2D eigenvalue weighted by atomic mass is 10.1. The number of hydrogen-bond acceptors (Lipinski definition) is 3. The molecule has 0 atom stereocenters. The predicted molar refractivity (Wildman–Crippen MR) is 103 cm³/mol. The number of amides is 1. The van der Waals surface area contributed by atoms with Crippen LogP contribution in [0.1, 0.15) is 15.9 Å². The van der Waals surface area contributed by atoms with Crippen molar-refractivity contribution in [3.8, 4) is 5.75 Å². The summed E-state index contributed by atoms with van der Waals surface area (Å²) in [6.45, 7) is 0.424. The van der Waals surface area contributed by atoms with E-state index in [0.29, 0.717) is 12.1 Å². The number of nitrogens with one attached hydrogen (secondary N) is 1. The molecule has 1 heterocycles. The molecule has 0 aliphatic rings. The first-order valence-electron chi connectivity index (χ1n) is 8.44. The first-order chi connectivity index (χ1) is 12.7. The second kappa shape index (κ2) is 6.84. The van der Waals surface area contributed by atoms with E-state index in [9.17, 15) is 4.79 Å². The number of hydrogen-bond donors (Lipinski definition) is 1. The lowest BCUT2D eigenvalue weighted by Gasteiger charge is -2.09. The summed E-state index contributed by atoms with van der Waals surface area (Å²) in [5.74, 6) is 0.608. The van der Waals surface area contributed by atoms with Gasteiger partial charge in [0.15, 0.2) is 0 Å². The van der Waals surface area contributed by atoms with Gasteiger partial charge in [-0.3, -0.25) is 4.79 Å². The smallest absolute Gasteiger partial charge is 0.251 e. The van der Waals surface area contributed by atoms with Gasteiger partial charge >= 0.3 is 0 Å². The van der Waals surface area contributed by atoms with Crippen LogP contribution in [0.4, 0.5) is 0 Å². The number of methoxy groups -OCH3 is 1. The summed E-state index contributed by atoms with van der Waals surface area (Å²) in [4.78, 5) is 17.2. The van der Waals surface area contributed by atoms with Crippen molar-refractivity contribution in [3.63, 3.8) is 0 Å². The maximum atomic E-state index is 12.4. The van der Waals surface area contributed by atoms with Crippen LogP contribution in [0.25, 0.3) is 21.8 Å². The van der Waals surface area contributed by atoms with Crippen LogP contribution < -0.4 is 10.1 Å². The molecule has 0 radical (unpaired) electrons. The van der Waals surface area contributed by atoms with Crippen molar-refractivity contribution in [1.29, 1.82) is 0 Å². The summed E-state index contributed by atoms with van der Waals surface area (Å²) in [6, 6.07) is 23.3. The Labute approximate surface area is 151 Å². The highest BCUT2D eigenvalue weighted by Gasteiger charge is 2.08. The van der Waals surface area contributed by atoms with Gasteiger partial charge in [0.1, 0.15) is 5.75 Å². The largest absolute Gasteiger partial charge is 0.497 e. The molecule has 4 nitrogen and oxygen atoms in total. The van der Waals surface area contributed by atoms with Crippen LogP contribution >= 0.6 is 0 Å². The number of fused-ring (bicyclic) bond motifs is 2. The molecule has 0 bridgehead atoms. The van der Waals surface area contributed by atoms with E-state index < -0.39 is 0 Å². The Hall–Kier alpha value is -3.40. The molecular weight excluding hydrogens is 324 g/mol. The number of ether oxygens (including phenoxy) is 1. The Morgan fingerprint density at radius 1 is 0.962 bits per heavy atom. The van der Waals surface area contributed by atoms with E-state index in [1.807, 2.05) is 36.4 Å². The average Bonchev–Trinajstić information content (AvgIpc) is 2.70. The highest BCUT2D eigenvalue weighted by atomic mass is 16.5. The number of pyridine rings is 1. The summed E-state index contributed by atoms with van der Waals surface area (Å²) >= 11 is 0. The van der Waals surface area contributed by atoms with E-state index in [-0.39, 0.29) is 5.91 Å². The Morgan fingerprint density at radius 2 is 1.73 bits per heavy atom. The van der Waals surface area contributed by atoms with Gasteiger partial charge in [0.05, 0.1) is 18.1 Å². The van der Waals surface area contributed by atoms with Crippen molar-refractivity contribution in [1.82, 2.24) is 10.3 Å². The molecule has 0 aliphatic carbocycles. The fourth-order valence-corrected chi connectivity index (χ4v) is 3.03. The van der Waals surface area contributed by atoms with Crippen LogP contribution in [-0.4, -0.2) is 18.0 Å². The third-order valence-electron chi connectivity index (χ3n) is 4.42. The van der Waals surface area contributed by atoms with Crippen LogP contribution in [0, 0.1) is 0 Å². The Kier molecular flexibility index (Phi) is 4.23. The van der Waals surface area contributed by atoms with E-state index in [2.05, 4.69) is 17.4 Å². The average molecular weight is 342 g/mol. The van der Waals surface area contributed by atoms with Crippen molar-refractivity contribution in [2.75, 3.05) is 7.11 Å². The van der Waals surface area contributed by atoms with E-state index in [1.54, 1.807) is 31.4 Å². The van der Waals surface area contributed by atoms with Gasteiger partial charge in [0.25, 0.3) is 5.91 Å². The topological polar surface area (TPSA) is 51.2 Å². The van der Waals surface area contributed by atoms with Gasteiger partial charge in [0.2, 0.25) is 0 Å². The summed E-state index contributed by atoms with van der Waals surface area (Å²) < 4.78 is 5.12. The molecule has 4 aromatic rings. The minimum atomic E-state index is -0.120. The van der Waals surface area contributed by atoms with Crippen LogP contribution in [-0.2, 0) is 6.54 Å². The van der Waals surface area contributed by atoms with E-state index in [4.69, 9.17) is 9.72 Å². The molecule has 4 rings (SSSR count). The number of benzene rings is 3. The minimum Gasteiger partial charge on any atom is -0.497 e. The summed E-state index contributed by atoms with van der Waals surface area (Å²) in [6.07, 6.45) is 0. The Morgan fingerprint density at radius 3 is 2.54 bits per heavy atom.